The summed E-state index contributed by atoms with van der Waals surface area (Å²) in [5.74, 6) is 0.539. The Bertz CT molecular complexity index is 585. The van der Waals surface area contributed by atoms with Crippen LogP contribution in [0.1, 0.15) is 29.6 Å². The van der Waals surface area contributed by atoms with Crippen molar-refractivity contribution in [3.63, 3.8) is 0 Å². The van der Waals surface area contributed by atoms with Crippen LogP contribution in [-0.4, -0.2) is 37.1 Å². The lowest BCUT2D eigenvalue weighted by Gasteiger charge is -2.34. The molecule has 1 aromatic rings. The van der Waals surface area contributed by atoms with Gasteiger partial charge in [-0.25, -0.2) is 4.79 Å². The number of benzene rings is 1. The predicted molar refractivity (Wildman–Crippen MR) is 80.0 cm³/mol. The summed E-state index contributed by atoms with van der Waals surface area (Å²) in [7, 11) is 3.34. The number of carbonyl (C=O) groups excluding carboxylic acids is 1. The molecule has 2 aliphatic carbocycles. The van der Waals surface area contributed by atoms with Crippen molar-refractivity contribution in [3.05, 3.63) is 29.8 Å². The summed E-state index contributed by atoms with van der Waals surface area (Å²) < 4.78 is 4.86. The molecule has 2 fully saturated rings. The highest BCUT2D eigenvalue weighted by molar-refractivity contribution is 6.00. The lowest BCUT2D eigenvalue weighted by molar-refractivity contribution is 0.0601. The Labute approximate surface area is 124 Å². The van der Waals surface area contributed by atoms with Gasteiger partial charge in [-0.05, 0) is 37.3 Å². The van der Waals surface area contributed by atoms with Crippen molar-refractivity contribution in [3.8, 4) is 0 Å². The molecule has 0 spiro atoms. The van der Waals surface area contributed by atoms with Crippen molar-refractivity contribution in [2.45, 2.75) is 25.3 Å². The van der Waals surface area contributed by atoms with E-state index in [0.29, 0.717) is 17.4 Å². The van der Waals surface area contributed by atoms with E-state index in [-0.39, 0.29) is 12.0 Å². The number of nitrogens with zero attached hydrogens (tertiary/aromatic N) is 2. The number of fused-ring (bicyclic) bond motifs is 2. The first-order valence-corrected chi connectivity index (χ1v) is 7.29. The Morgan fingerprint density at radius 3 is 2.86 bits per heavy atom. The van der Waals surface area contributed by atoms with Crippen molar-refractivity contribution < 1.29 is 14.7 Å². The van der Waals surface area contributed by atoms with Crippen LogP contribution >= 0.6 is 0 Å². The molecule has 0 heterocycles. The maximum atomic E-state index is 11.9. The minimum Gasteiger partial charge on any atom is -0.465 e. The van der Waals surface area contributed by atoms with Crippen LogP contribution in [0.15, 0.2) is 29.4 Å². The molecule has 0 saturated heterocycles. The molecular weight excluding hydrogens is 268 g/mol. The quantitative estimate of drug-likeness (QED) is 0.527. The largest absolute Gasteiger partial charge is 0.465 e. The predicted octanol–water partition coefficient (Wildman–Crippen LogP) is 2.54. The third-order valence-electron chi connectivity index (χ3n) is 4.86. The molecule has 0 unspecified atom stereocenters. The molecule has 5 heteroatoms. The second-order valence-electron chi connectivity index (χ2n) is 5.86. The summed E-state index contributed by atoms with van der Waals surface area (Å²) in [6, 6.07) is 7.47. The number of rotatable bonds is 3. The Hall–Kier alpha value is -2.04. The smallest absolute Gasteiger partial charge is 0.339 e. The summed E-state index contributed by atoms with van der Waals surface area (Å²) in [6.07, 6.45) is 3.33. The summed E-state index contributed by atoms with van der Waals surface area (Å²) in [6.45, 7) is 0. The fourth-order valence-corrected chi connectivity index (χ4v) is 3.92. The highest BCUT2D eigenvalue weighted by atomic mass is 16.5. The van der Waals surface area contributed by atoms with Crippen molar-refractivity contribution in [2.24, 2.45) is 17.0 Å². The van der Waals surface area contributed by atoms with Crippen molar-refractivity contribution in [2.75, 3.05) is 19.1 Å². The lowest BCUT2D eigenvalue weighted by Crippen LogP contribution is -2.43. The number of carbonyl (C=O) groups is 1. The third kappa shape index (κ3) is 2.17. The van der Waals surface area contributed by atoms with E-state index in [1.165, 1.54) is 7.11 Å². The first-order chi connectivity index (χ1) is 10.2. The van der Waals surface area contributed by atoms with Crippen LogP contribution in [0, 0.1) is 11.8 Å². The number of hydrogen-bond donors (Lipinski definition) is 1. The molecule has 2 saturated carbocycles. The van der Waals surface area contributed by atoms with Gasteiger partial charge in [-0.15, -0.1) is 0 Å². The Balaban J connectivity index is 1.96. The van der Waals surface area contributed by atoms with Gasteiger partial charge in [0.15, 0.2) is 0 Å². The fourth-order valence-electron chi connectivity index (χ4n) is 3.92. The average molecular weight is 288 g/mol. The van der Waals surface area contributed by atoms with Crippen LogP contribution in [0.2, 0.25) is 0 Å². The summed E-state index contributed by atoms with van der Waals surface area (Å²) in [4.78, 5) is 14.0. The number of hydrogen-bond acceptors (Lipinski definition) is 5. The van der Waals surface area contributed by atoms with Gasteiger partial charge in [-0.3, -0.25) is 0 Å². The number of anilines is 1. The van der Waals surface area contributed by atoms with Crippen molar-refractivity contribution >= 4 is 17.4 Å². The zero-order chi connectivity index (χ0) is 15.0. The first-order valence-electron chi connectivity index (χ1n) is 7.29. The van der Waals surface area contributed by atoms with Crippen LogP contribution in [0.4, 0.5) is 5.69 Å². The van der Waals surface area contributed by atoms with Crippen molar-refractivity contribution in [1.29, 1.82) is 0 Å². The van der Waals surface area contributed by atoms with Gasteiger partial charge in [0.25, 0.3) is 0 Å². The normalized spacial score (nSPS) is 28.9. The topological polar surface area (TPSA) is 62.1 Å². The van der Waals surface area contributed by atoms with Crippen LogP contribution in [0.25, 0.3) is 0 Å². The maximum absolute atomic E-state index is 11.9. The molecule has 0 amide bonds. The van der Waals surface area contributed by atoms with E-state index in [9.17, 15) is 10.0 Å². The SMILES string of the molecule is COC(=O)c1ccccc1N(C)[C@H]1/C(=N\O)[C@H]2CC[C@H]1C2. The van der Waals surface area contributed by atoms with E-state index in [2.05, 4.69) is 10.1 Å². The number of ether oxygens (including phenoxy) is 1. The van der Waals surface area contributed by atoms with E-state index in [0.717, 1.165) is 30.7 Å². The number of para-hydroxylation sites is 1. The average Bonchev–Trinajstić information content (AvgIpc) is 3.14. The highest BCUT2D eigenvalue weighted by Gasteiger charge is 2.47. The Morgan fingerprint density at radius 2 is 2.14 bits per heavy atom. The van der Waals surface area contributed by atoms with Crippen LogP contribution in [0.3, 0.4) is 0 Å². The molecule has 0 aliphatic heterocycles. The number of oxime groups is 1. The van der Waals surface area contributed by atoms with Crippen LogP contribution < -0.4 is 4.90 Å². The van der Waals surface area contributed by atoms with E-state index in [4.69, 9.17) is 4.74 Å². The minimum atomic E-state index is -0.344. The summed E-state index contributed by atoms with van der Waals surface area (Å²) in [5, 5.41) is 12.9. The molecule has 0 aromatic heterocycles. The Morgan fingerprint density at radius 1 is 1.38 bits per heavy atom. The lowest BCUT2D eigenvalue weighted by atomic mass is 9.91. The second kappa shape index (κ2) is 5.39. The van der Waals surface area contributed by atoms with Gasteiger partial charge in [0.1, 0.15) is 0 Å². The zero-order valence-electron chi connectivity index (χ0n) is 12.3. The second-order valence-corrected chi connectivity index (χ2v) is 5.86. The molecule has 21 heavy (non-hydrogen) atoms. The highest BCUT2D eigenvalue weighted by Crippen LogP contribution is 2.45. The van der Waals surface area contributed by atoms with E-state index >= 15 is 0 Å². The maximum Gasteiger partial charge on any atom is 0.339 e. The summed E-state index contributed by atoms with van der Waals surface area (Å²) >= 11 is 0. The molecule has 0 radical (unpaired) electrons. The monoisotopic (exact) mass is 288 g/mol. The van der Waals surface area contributed by atoms with E-state index in [1.54, 1.807) is 6.07 Å². The number of methoxy groups -OCH3 is 1. The molecule has 3 atom stereocenters. The molecule has 5 nitrogen and oxygen atoms in total. The van der Waals surface area contributed by atoms with Gasteiger partial charge >= 0.3 is 5.97 Å². The summed E-state index contributed by atoms with van der Waals surface area (Å²) in [5.41, 5.74) is 2.22. The molecule has 2 bridgehead atoms. The van der Waals surface area contributed by atoms with Gasteiger partial charge in [-0.1, -0.05) is 17.3 Å². The standard InChI is InChI=1S/C16H20N2O3/c1-18(13-6-4-3-5-12(13)16(19)21-2)15-11-8-7-10(9-11)14(15)17-20/h3-6,10-11,15,20H,7-9H2,1-2H3/b17-14-/t10-,11-,15+/m0/s1. The number of esters is 1. The van der Waals surface area contributed by atoms with E-state index in [1.807, 2.05) is 25.2 Å². The van der Waals surface area contributed by atoms with Gasteiger partial charge in [0, 0.05) is 13.0 Å². The van der Waals surface area contributed by atoms with Gasteiger partial charge in [0.2, 0.25) is 0 Å². The molecule has 2 aliphatic rings. The zero-order valence-corrected chi connectivity index (χ0v) is 12.3. The Kier molecular flexibility index (Phi) is 3.57. The minimum absolute atomic E-state index is 0.0690. The van der Waals surface area contributed by atoms with Gasteiger partial charge in [-0.2, -0.15) is 0 Å². The van der Waals surface area contributed by atoms with Crippen molar-refractivity contribution in [1.82, 2.24) is 0 Å². The van der Waals surface area contributed by atoms with Crippen LogP contribution in [-0.2, 0) is 4.74 Å². The molecule has 1 aromatic carbocycles. The molecule has 1 N–H and O–H groups in total. The molecule has 3 rings (SSSR count). The van der Waals surface area contributed by atoms with Gasteiger partial charge in [0.05, 0.1) is 30.1 Å². The first kappa shape index (κ1) is 13.9. The third-order valence-corrected chi connectivity index (χ3v) is 4.86. The van der Waals surface area contributed by atoms with Gasteiger partial charge < -0.3 is 14.8 Å². The molecular formula is C16H20N2O3. The molecule has 112 valence electrons. The van der Waals surface area contributed by atoms with Crippen LogP contribution in [0.5, 0.6) is 0 Å². The fraction of sp³-hybridized carbons (Fsp3) is 0.500. The van der Waals surface area contributed by atoms with E-state index < -0.39 is 0 Å².